The molecule has 1 heterocycles. The van der Waals surface area contributed by atoms with Crippen LogP contribution in [0.3, 0.4) is 0 Å². The molecule has 0 bridgehead atoms. The first kappa shape index (κ1) is 27.7. The topological polar surface area (TPSA) is 29.5 Å². The van der Waals surface area contributed by atoms with Gasteiger partial charge in [-0.05, 0) is 73.1 Å². The zero-order valence-electron chi connectivity index (χ0n) is 22.2. The van der Waals surface area contributed by atoms with Gasteiger partial charge in [-0.1, -0.05) is 68.4 Å². The van der Waals surface area contributed by atoms with E-state index in [1.807, 2.05) is 54.3 Å². The van der Waals surface area contributed by atoms with Crippen LogP contribution in [0.1, 0.15) is 67.9 Å². The average Bonchev–Trinajstić information content (AvgIpc) is 2.91. The van der Waals surface area contributed by atoms with E-state index in [1.54, 1.807) is 0 Å². The summed E-state index contributed by atoms with van der Waals surface area (Å²) in [6, 6.07) is 22.8. The highest BCUT2D eigenvalue weighted by atomic mass is 19.4. The van der Waals surface area contributed by atoms with Gasteiger partial charge in [0.2, 0.25) is 5.91 Å². The highest BCUT2D eigenvalue weighted by Gasteiger charge is 2.34. The molecular formula is C32H36F3NO2. The minimum Gasteiger partial charge on any atom is -0.485 e. The summed E-state index contributed by atoms with van der Waals surface area (Å²) in [6.45, 7) is 7.57. The number of carbonyl (C=O) groups excluding carboxylic acids is 1. The van der Waals surface area contributed by atoms with Crippen molar-refractivity contribution in [3.8, 4) is 5.75 Å². The Morgan fingerprint density at radius 2 is 1.61 bits per heavy atom. The van der Waals surface area contributed by atoms with Crippen molar-refractivity contribution in [3.63, 3.8) is 0 Å². The first-order valence-electron chi connectivity index (χ1n) is 13.4. The lowest BCUT2D eigenvalue weighted by atomic mass is 9.86. The molecule has 3 aromatic carbocycles. The molecule has 6 heteroatoms. The molecule has 38 heavy (non-hydrogen) atoms. The SMILES string of the molecule is CC(C)Cc1ccccc1C(C)C(=O)N1CCCC(C(Oc2ccc(C(F)(F)F)cc2)c2ccccc2)C1. The maximum atomic E-state index is 13.7. The zero-order chi connectivity index (χ0) is 27.3. The molecule has 1 aliphatic rings. The molecule has 202 valence electrons. The Balaban J connectivity index is 1.54. The molecule has 4 rings (SSSR count). The number of piperidine rings is 1. The van der Waals surface area contributed by atoms with Crippen LogP contribution in [0.4, 0.5) is 13.2 Å². The average molecular weight is 524 g/mol. The lowest BCUT2D eigenvalue weighted by Gasteiger charge is -2.38. The molecule has 3 nitrogen and oxygen atoms in total. The fourth-order valence-corrected chi connectivity index (χ4v) is 5.39. The minimum absolute atomic E-state index is 0.00972. The van der Waals surface area contributed by atoms with Gasteiger partial charge >= 0.3 is 6.18 Å². The van der Waals surface area contributed by atoms with E-state index >= 15 is 0 Å². The summed E-state index contributed by atoms with van der Waals surface area (Å²) in [6.07, 6.45) is -2.15. The molecule has 0 spiro atoms. The molecule has 3 unspecified atom stereocenters. The van der Waals surface area contributed by atoms with E-state index in [1.165, 1.54) is 17.7 Å². The number of alkyl halides is 3. The van der Waals surface area contributed by atoms with Gasteiger partial charge < -0.3 is 9.64 Å². The fraction of sp³-hybridized carbons (Fsp3) is 0.406. The van der Waals surface area contributed by atoms with Crippen molar-refractivity contribution in [3.05, 3.63) is 101 Å². The number of benzene rings is 3. The van der Waals surface area contributed by atoms with Gasteiger partial charge in [0.15, 0.2) is 0 Å². The molecule has 0 aromatic heterocycles. The van der Waals surface area contributed by atoms with Crippen molar-refractivity contribution in [2.75, 3.05) is 13.1 Å². The number of ether oxygens (including phenoxy) is 1. The van der Waals surface area contributed by atoms with E-state index in [2.05, 4.69) is 26.0 Å². The lowest BCUT2D eigenvalue weighted by molar-refractivity contribution is -0.137. The lowest BCUT2D eigenvalue weighted by Crippen LogP contribution is -2.44. The predicted octanol–water partition coefficient (Wildman–Crippen LogP) is 8.07. The van der Waals surface area contributed by atoms with Crippen LogP contribution in [0.15, 0.2) is 78.9 Å². The smallest absolute Gasteiger partial charge is 0.416 e. The molecule has 0 radical (unpaired) electrons. The molecule has 1 saturated heterocycles. The van der Waals surface area contributed by atoms with Crippen molar-refractivity contribution in [1.82, 2.24) is 4.90 Å². The summed E-state index contributed by atoms with van der Waals surface area (Å²) in [5.41, 5.74) is 2.53. The van der Waals surface area contributed by atoms with E-state index in [-0.39, 0.29) is 23.8 Å². The van der Waals surface area contributed by atoms with Crippen LogP contribution < -0.4 is 4.74 Å². The van der Waals surface area contributed by atoms with Gasteiger partial charge in [0.05, 0.1) is 11.5 Å². The number of rotatable bonds is 8. The minimum atomic E-state index is -4.40. The summed E-state index contributed by atoms with van der Waals surface area (Å²) in [7, 11) is 0. The standard InChI is InChI=1S/C32H36F3NO2/c1-22(2)20-25-12-7-8-14-29(25)23(3)31(37)36-19-9-13-26(21-36)30(24-10-5-4-6-11-24)38-28-17-15-27(16-18-28)32(33,34)35/h4-8,10-12,14-18,22-23,26,30H,9,13,19-21H2,1-3H3. The van der Waals surface area contributed by atoms with Crippen LogP contribution in [-0.4, -0.2) is 23.9 Å². The summed E-state index contributed by atoms with van der Waals surface area (Å²) in [4.78, 5) is 15.7. The Hall–Kier alpha value is -3.28. The number of carbonyl (C=O) groups is 1. The number of hydrogen-bond acceptors (Lipinski definition) is 2. The molecule has 0 saturated carbocycles. The van der Waals surface area contributed by atoms with E-state index in [4.69, 9.17) is 4.74 Å². The fourth-order valence-electron chi connectivity index (χ4n) is 5.39. The van der Waals surface area contributed by atoms with Crippen molar-refractivity contribution >= 4 is 5.91 Å². The van der Waals surface area contributed by atoms with Gasteiger partial charge in [-0.3, -0.25) is 4.79 Å². The summed E-state index contributed by atoms with van der Waals surface area (Å²) in [5, 5.41) is 0. The number of amides is 1. The van der Waals surface area contributed by atoms with Crippen LogP contribution in [0.2, 0.25) is 0 Å². The van der Waals surface area contributed by atoms with Crippen LogP contribution in [0.5, 0.6) is 5.75 Å². The molecule has 1 aliphatic heterocycles. The van der Waals surface area contributed by atoms with Crippen molar-refractivity contribution in [2.24, 2.45) is 11.8 Å². The van der Waals surface area contributed by atoms with Gasteiger partial charge in [0.25, 0.3) is 0 Å². The quantitative estimate of drug-likeness (QED) is 0.299. The highest BCUT2D eigenvalue weighted by molar-refractivity contribution is 5.84. The Morgan fingerprint density at radius 1 is 0.947 bits per heavy atom. The second-order valence-electron chi connectivity index (χ2n) is 10.7. The number of hydrogen-bond donors (Lipinski definition) is 0. The van der Waals surface area contributed by atoms with Crippen LogP contribution in [-0.2, 0) is 17.4 Å². The maximum absolute atomic E-state index is 13.7. The van der Waals surface area contributed by atoms with Crippen LogP contribution >= 0.6 is 0 Å². The molecule has 3 atom stereocenters. The van der Waals surface area contributed by atoms with Gasteiger partial charge in [0, 0.05) is 19.0 Å². The summed E-state index contributed by atoms with van der Waals surface area (Å²) >= 11 is 0. The number of likely N-dealkylation sites (tertiary alicyclic amines) is 1. The Morgan fingerprint density at radius 3 is 2.26 bits per heavy atom. The van der Waals surface area contributed by atoms with Gasteiger partial charge in [-0.25, -0.2) is 0 Å². The normalized spacial score (nSPS) is 17.8. The third kappa shape index (κ3) is 6.77. The van der Waals surface area contributed by atoms with Gasteiger partial charge in [-0.2, -0.15) is 13.2 Å². The van der Waals surface area contributed by atoms with E-state index < -0.39 is 11.7 Å². The van der Waals surface area contributed by atoms with E-state index in [9.17, 15) is 18.0 Å². The second-order valence-corrected chi connectivity index (χ2v) is 10.7. The zero-order valence-corrected chi connectivity index (χ0v) is 22.2. The molecule has 1 fully saturated rings. The molecule has 1 amide bonds. The Kier molecular flexibility index (Phi) is 8.80. The highest BCUT2D eigenvalue weighted by Crippen LogP contribution is 2.37. The second kappa shape index (κ2) is 12.1. The maximum Gasteiger partial charge on any atom is 0.416 e. The molecular weight excluding hydrogens is 487 g/mol. The first-order chi connectivity index (χ1) is 18.1. The Bertz CT molecular complexity index is 1190. The molecule has 3 aromatic rings. The largest absolute Gasteiger partial charge is 0.485 e. The van der Waals surface area contributed by atoms with Gasteiger partial charge in [0.1, 0.15) is 11.9 Å². The Labute approximate surface area is 223 Å². The first-order valence-corrected chi connectivity index (χ1v) is 13.4. The summed E-state index contributed by atoms with van der Waals surface area (Å²) < 4.78 is 45.5. The molecule has 0 aliphatic carbocycles. The van der Waals surface area contributed by atoms with Crippen LogP contribution in [0, 0.1) is 11.8 Å². The van der Waals surface area contributed by atoms with Gasteiger partial charge in [-0.15, -0.1) is 0 Å². The van der Waals surface area contributed by atoms with E-state index in [0.717, 1.165) is 42.5 Å². The third-order valence-electron chi connectivity index (χ3n) is 7.29. The predicted molar refractivity (Wildman–Crippen MR) is 144 cm³/mol. The van der Waals surface area contributed by atoms with Crippen molar-refractivity contribution in [2.45, 2.75) is 58.2 Å². The third-order valence-corrected chi connectivity index (χ3v) is 7.29. The molecule has 0 N–H and O–H groups in total. The number of nitrogens with zero attached hydrogens (tertiary/aromatic N) is 1. The van der Waals surface area contributed by atoms with E-state index in [0.29, 0.717) is 24.8 Å². The van der Waals surface area contributed by atoms with Crippen molar-refractivity contribution in [1.29, 1.82) is 0 Å². The monoisotopic (exact) mass is 523 g/mol. The summed E-state index contributed by atoms with van der Waals surface area (Å²) in [5.74, 6) is 0.732. The van der Waals surface area contributed by atoms with Crippen molar-refractivity contribution < 1.29 is 22.7 Å². The number of halogens is 3. The van der Waals surface area contributed by atoms with Crippen LogP contribution in [0.25, 0.3) is 0 Å².